The second-order valence-corrected chi connectivity index (χ2v) is 6.42. The Morgan fingerprint density at radius 2 is 2.20 bits per heavy atom. The summed E-state index contributed by atoms with van der Waals surface area (Å²) >= 11 is 0. The molecule has 0 saturated carbocycles. The van der Waals surface area contributed by atoms with Crippen molar-refractivity contribution in [2.75, 3.05) is 18.0 Å². The van der Waals surface area contributed by atoms with Gasteiger partial charge in [0.05, 0.1) is 10.6 Å². The molecule has 0 amide bonds. The van der Waals surface area contributed by atoms with Gasteiger partial charge in [-0.15, -0.1) is 0 Å². The molecule has 0 radical (unpaired) electrons. The van der Waals surface area contributed by atoms with E-state index in [1.165, 1.54) is 12.1 Å². The fraction of sp³-hybridized carbons (Fsp3) is 0.417. The Morgan fingerprint density at radius 1 is 1.50 bits per heavy atom. The maximum atomic E-state index is 13.9. The highest BCUT2D eigenvalue weighted by Gasteiger charge is 2.26. The lowest BCUT2D eigenvalue weighted by Gasteiger charge is -2.19. The maximum absolute atomic E-state index is 13.9. The molecule has 1 aliphatic heterocycles. The van der Waals surface area contributed by atoms with Crippen molar-refractivity contribution in [2.24, 2.45) is 11.1 Å². The summed E-state index contributed by atoms with van der Waals surface area (Å²) in [6, 6.07) is 3.49. The monoisotopic (exact) mass is 302 g/mol. The molecule has 1 unspecified atom stereocenters. The van der Waals surface area contributed by atoms with E-state index < -0.39 is 21.8 Å². The highest BCUT2D eigenvalue weighted by atomic mass is 32.2. The summed E-state index contributed by atoms with van der Waals surface area (Å²) < 4.78 is 36.2. The standard InChI is InChI=1S/C12H15FN2O4S/c13-10-6-9(20(14,18)19)1-2-11(10)15-4-3-8(7-15)5-12(16)17/h1-2,6,8H,3-5,7H2,(H,16,17)(H2,14,18,19). The first-order chi connectivity index (χ1) is 9.27. The number of aliphatic carboxylic acids is 1. The third-order valence-electron chi connectivity index (χ3n) is 3.34. The first-order valence-corrected chi connectivity index (χ1v) is 7.61. The van der Waals surface area contributed by atoms with E-state index in [0.29, 0.717) is 19.5 Å². The molecule has 0 spiro atoms. The summed E-state index contributed by atoms with van der Waals surface area (Å²) in [5, 5.41) is 13.7. The van der Waals surface area contributed by atoms with Crippen LogP contribution in [0.25, 0.3) is 0 Å². The number of nitrogens with zero attached hydrogens (tertiary/aromatic N) is 1. The Hall–Kier alpha value is -1.67. The molecular formula is C12H15FN2O4S. The van der Waals surface area contributed by atoms with Gasteiger partial charge >= 0.3 is 5.97 Å². The zero-order chi connectivity index (χ0) is 14.9. The molecule has 6 nitrogen and oxygen atoms in total. The van der Waals surface area contributed by atoms with Crippen molar-refractivity contribution in [1.29, 1.82) is 0 Å². The van der Waals surface area contributed by atoms with Crippen LogP contribution in [0.5, 0.6) is 0 Å². The number of sulfonamides is 1. The van der Waals surface area contributed by atoms with Crippen LogP contribution in [-0.4, -0.2) is 32.6 Å². The van der Waals surface area contributed by atoms with Crippen LogP contribution in [0.2, 0.25) is 0 Å². The number of primary sulfonamides is 1. The summed E-state index contributed by atoms with van der Waals surface area (Å²) in [4.78, 5) is 12.1. The van der Waals surface area contributed by atoms with Crippen molar-refractivity contribution < 1.29 is 22.7 Å². The second-order valence-electron chi connectivity index (χ2n) is 4.86. The van der Waals surface area contributed by atoms with Crippen LogP contribution >= 0.6 is 0 Å². The van der Waals surface area contributed by atoms with Crippen LogP contribution in [0.3, 0.4) is 0 Å². The topological polar surface area (TPSA) is 101 Å². The highest BCUT2D eigenvalue weighted by Crippen LogP contribution is 2.29. The van der Waals surface area contributed by atoms with Gasteiger partial charge in [-0.05, 0) is 30.5 Å². The van der Waals surface area contributed by atoms with E-state index in [9.17, 15) is 17.6 Å². The van der Waals surface area contributed by atoms with Gasteiger partial charge in [0.2, 0.25) is 10.0 Å². The Morgan fingerprint density at radius 3 is 2.75 bits per heavy atom. The molecule has 1 aromatic carbocycles. The number of anilines is 1. The normalized spacial score (nSPS) is 19.3. The molecule has 0 aromatic heterocycles. The zero-order valence-corrected chi connectivity index (χ0v) is 11.4. The summed E-state index contributed by atoms with van der Waals surface area (Å²) in [7, 11) is -3.93. The number of carboxylic acids is 1. The molecule has 0 aliphatic carbocycles. The van der Waals surface area contributed by atoms with E-state index in [1.807, 2.05) is 0 Å². The molecule has 1 heterocycles. The molecule has 2 rings (SSSR count). The number of nitrogens with two attached hydrogens (primary N) is 1. The Kier molecular flexibility index (Phi) is 3.96. The molecule has 8 heteroatoms. The van der Waals surface area contributed by atoms with Crippen molar-refractivity contribution in [3.63, 3.8) is 0 Å². The first kappa shape index (κ1) is 14.7. The Labute approximate surface area is 116 Å². The zero-order valence-electron chi connectivity index (χ0n) is 10.6. The van der Waals surface area contributed by atoms with Crippen LogP contribution in [0.4, 0.5) is 10.1 Å². The Bertz CT molecular complexity index is 632. The van der Waals surface area contributed by atoms with Crippen molar-refractivity contribution in [2.45, 2.75) is 17.7 Å². The van der Waals surface area contributed by atoms with E-state index in [2.05, 4.69) is 0 Å². The predicted molar refractivity (Wildman–Crippen MR) is 70.3 cm³/mol. The van der Waals surface area contributed by atoms with E-state index in [4.69, 9.17) is 10.2 Å². The third-order valence-corrected chi connectivity index (χ3v) is 4.25. The van der Waals surface area contributed by atoms with Crippen molar-refractivity contribution in [3.8, 4) is 0 Å². The number of benzene rings is 1. The SMILES string of the molecule is NS(=O)(=O)c1ccc(N2CCC(CC(=O)O)C2)c(F)c1. The highest BCUT2D eigenvalue weighted by molar-refractivity contribution is 7.89. The lowest BCUT2D eigenvalue weighted by Crippen LogP contribution is -2.22. The molecule has 3 N–H and O–H groups in total. The number of rotatable bonds is 4. The second kappa shape index (κ2) is 5.37. The average molecular weight is 302 g/mol. The van der Waals surface area contributed by atoms with E-state index in [0.717, 1.165) is 6.07 Å². The maximum Gasteiger partial charge on any atom is 0.303 e. The number of carboxylic acid groups (broad SMARTS) is 1. The predicted octanol–water partition coefficient (Wildman–Crippen LogP) is 0.774. The van der Waals surface area contributed by atoms with E-state index in [-0.39, 0.29) is 22.9 Å². The molecule has 1 atom stereocenters. The van der Waals surface area contributed by atoms with Crippen LogP contribution in [0, 0.1) is 11.7 Å². The van der Waals surface area contributed by atoms with Crippen molar-refractivity contribution >= 4 is 21.7 Å². The average Bonchev–Trinajstić information content (AvgIpc) is 2.75. The molecule has 110 valence electrons. The van der Waals surface area contributed by atoms with Gasteiger partial charge in [-0.3, -0.25) is 4.79 Å². The number of carbonyl (C=O) groups is 1. The summed E-state index contributed by atoms with van der Waals surface area (Å²) in [6.07, 6.45) is 0.718. The summed E-state index contributed by atoms with van der Waals surface area (Å²) in [6.45, 7) is 0.988. The van der Waals surface area contributed by atoms with Gasteiger partial charge in [0.1, 0.15) is 5.82 Å². The first-order valence-electron chi connectivity index (χ1n) is 6.06. The summed E-state index contributed by atoms with van der Waals surface area (Å²) in [5.74, 6) is -1.57. The quantitative estimate of drug-likeness (QED) is 0.855. The largest absolute Gasteiger partial charge is 0.481 e. The van der Waals surface area contributed by atoms with Gasteiger partial charge in [-0.2, -0.15) is 0 Å². The molecule has 1 saturated heterocycles. The van der Waals surface area contributed by atoms with Crippen LogP contribution < -0.4 is 10.0 Å². The molecule has 1 aliphatic rings. The van der Waals surface area contributed by atoms with Crippen molar-refractivity contribution in [3.05, 3.63) is 24.0 Å². The molecule has 1 aromatic rings. The smallest absolute Gasteiger partial charge is 0.303 e. The lowest BCUT2D eigenvalue weighted by atomic mass is 10.1. The summed E-state index contributed by atoms with van der Waals surface area (Å²) in [5.41, 5.74) is 0.269. The Balaban J connectivity index is 2.17. The number of hydrogen-bond donors (Lipinski definition) is 2. The fourth-order valence-electron chi connectivity index (χ4n) is 2.39. The fourth-order valence-corrected chi connectivity index (χ4v) is 2.91. The van der Waals surface area contributed by atoms with E-state index in [1.54, 1.807) is 4.90 Å². The van der Waals surface area contributed by atoms with Crippen molar-refractivity contribution in [1.82, 2.24) is 0 Å². The van der Waals surface area contributed by atoms with Gasteiger partial charge in [0, 0.05) is 19.5 Å². The van der Waals surface area contributed by atoms with E-state index >= 15 is 0 Å². The van der Waals surface area contributed by atoms with Gasteiger partial charge in [0.15, 0.2) is 0 Å². The minimum atomic E-state index is -3.93. The minimum Gasteiger partial charge on any atom is -0.481 e. The van der Waals surface area contributed by atoms with Crippen LogP contribution in [0.1, 0.15) is 12.8 Å². The lowest BCUT2D eigenvalue weighted by molar-refractivity contribution is -0.137. The molecule has 1 fully saturated rings. The van der Waals surface area contributed by atoms with Gasteiger partial charge < -0.3 is 10.0 Å². The molecular weight excluding hydrogens is 287 g/mol. The minimum absolute atomic E-state index is 0.0233. The number of halogens is 1. The van der Waals surface area contributed by atoms with Gasteiger partial charge in [-0.1, -0.05) is 0 Å². The van der Waals surface area contributed by atoms with Gasteiger partial charge in [-0.25, -0.2) is 17.9 Å². The molecule has 20 heavy (non-hydrogen) atoms. The van der Waals surface area contributed by atoms with Crippen LogP contribution in [-0.2, 0) is 14.8 Å². The molecule has 0 bridgehead atoms. The van der Waals surface area contributed by atoms with Crippen LogP contribution in [0.15, 0.2) is 23.1 Å². The van der Waals surface area contributed by atoms with Gasteiger partial charge in [0.25, 0.3) is 0 Å². The number of hydrogen-bond acceptors (Lipinski definition) is 4. The third kappa shape index (κ3) is 3.26.